The summed E-state index contributed by atoms with van der Waals surface area (Å²) in [5.74, 6) is 1.32. The molecule has 0 aliphatic carbocycles. The minimum absolute atomic E-state index is 0.00879. The molecule has 0 aliphatic heterocycles. The Balaban J connectivity index is 3.25. The quantitative estimate of drug-likeness (QED) is 0.875. The topological polar surface area (TPSA) is 64.7 Å². The second kappa shape index (κ2) is 5.91. The molecule has 0 unspecified atom stereocenters. The number of ether oxygens (including phenoxy) is 2. The summed E-state index contributed by atoms with van der Waals surface area (Å²) in [6.45, 7) is 3.84. The highest BCUT2D eigenvalue weighted by atomic mass is 79.9. The zero-order chi connectivity index (χ0) is 13.9. The van der Waals surface area contributed by atoms with Crippen LogP contribution >= 0.6 is 15.9 Å². The van der Waals surface area contributed by atoms with Gasteiger partial charge < -0.3 is 20.3 Å². The Morgan fingerprint density at radius 3 is 2.06 bits per heavy atom. The molecule has 0 fully saturated rings. The zero-order valence-electron chi connectivity index (χ0n) is 11.2. The van der Waals surface area contributed by atoms with Crippen LogP contribution < -0.4 is 15.2 Å². The van der Waals surface area contributed by atoms with E-state index in [0.717, 1.165) is 10.0 Å². The second-order valence-corrected chi connectivity index (χ2v) is 5.66. The molecule has 0 spiro atoms. The fourth-order valence-corrected chi connectivity index (χ4v) is 2.17. The van der Waals surface area contributed by atoms with Crippen LogP contribution in [0.25, 0.3) is 0 Å². The predicted molar refractivity (Wildman–Crippen MR) is 75.0 cm³/mol. The fraction of sp³-hybridized carbons (Fsp3) is 0.538. The summed E-state index contributed by atoms with van der Waals surface area (Å²) < 4.78 is 11.3. The van der Waals surface area contributed by atoms with E-state index in [4.69, 9.17) is 15.2 Å². The molecule has 0 heterocycles. The summed E-state index contributed by atoms with van der Waals surface area (Å²) in [4.78, 5) is 0. The van der Waals surface area contributed by atoms with Gasteiger partial charge in [0.25, 0.3) is 0 Å². The first-order chi connectivity index (χ1) is 8.37. The first-order valence-electron chi connectivity index (χ1n) is 5.65. The van der Waals surface area contributed by atoms with Crippen molar-refractivity contribution >= 4 is 15.9 Å². The average Bonchev–Trinajstić information content (AvgIpc) is 2.38. The molecule has 4 nitrogen and oxygen atoms in total. The van der Waals surface area contributed by atoms with E-state index in [1.807, 2.05) is 26.0 Å². The predicted octanol–water partition coefficient (Wildman–Crippen LogP) is 2.48. The van der Waals surface area contributed by atoms with E-state index in [-0.39, 0.29) is 12.6 Å². The number of nitrogens with two attached hydrogens (primary N) is 1. The number of rotatable bonds is 5. The lowest BCUT2D eigenvalue weighted by Gasteiger charge is -2.30. The molecular weight excluding hydrogens is 298 g/mol. The van der Waals surface area contributed by atoms with Gasteiger partial charge in [0.15, 0.2) is 0 Å². The minimum atomic E-state index is -0.413. The number of hydrogen-bond acceptors (Lipinski definition) is 4. The first-order valence-corrected chi connectivity index (χ1v) is 6.44. The average molecular weight is 318 g/mol. The van der Waals surface area contributed by atoms with E-state index in [9.17, 15) is 5.11 Å². The van der Waals surface area contributed by atoms with Crippen LogP contribution in [0.15, 0.2) is 16.6 Å². The molecule has 0 saturated carbocycles. The molecule has 1 atom stereocenters. The number of benzene rings is 1. The van der Waals surface area contributed by atoms with Crippen LogP contribution in [0.1, 0.15) is 25.5 Å². The number of hydrogen-bond donors (Lipinski definition) is 2. The van der Waals surface area contributed by atoms with E-state index in [0.29, 0.717) is 11.5 Å². The summed E-state index contributed by atoms with van der Waals surface area (Å²) in [5, 5.41) is 9.38. The van der Waals surface area contributed by atoms with Gasteiger partial charge in [-0.3, -0.25) is 0 Å². The van der Waals surface area contributed by atoms with E-state index >= 15 is 0 Å². The normalized spacial score (nSPS) is 13.3. The molecule has 1 aromatic carbocycles. The Bertz CT molecular complexity index is 396. The molecule has 3 N–H and O–H groups in total. The van der Waals surface area contributed by atoms with Gasteiger partial charge in [0.2, 0.25) is 0 Å². The van der Waals surface area contributed by atoms with Crippen molar-refractivity contribution in [1.82, 2.24) is 0 Å². The van der Waals surface area contributed by atoms with Gasteiger partial charge in [-0.1, -0.05) is 13.8 Å². The third kappa shape index (κ3) is 2.96. The van der Waals surface area contributed by atoms with Gasteiger partial charge in [-0.05, 0) is 33.6 Å². The number of aliphatic hydroxyl groups is 1. The van der Waals surface area contributed by atoms with Crippen molar-refractivity contribution < 1.29 is 14.6 Å². The van der Waals surface area contributed by atoms with Gasteiger partial charge in [0, 0.05) is 18.1 Å². The van der Waals surface area contributed by atoms with Crippen LogP contribution in [0.5, 0.6) is 11.5 Å². The third-order valence-corrected chi connectivity index (χ3v) is 3.86. The lowest BCUT2D eigenvalue weighted by molar-refractivity contribution is 0.132. The van der Waals surface area contributed by atoms with Gasteiger partial charge in [-0.15, -0.1) is 0 Å². The number of halogens is 1. The molecule has 0 radical (unpaired) electrons. The van der Waals surface area contributed by atoms with Crippen LogP contribution in [-0.4, -0.2) is 25.9 Å². The van der Waals surface area contributed by atoms with Gasteiger partial charge >= 0.3 is 0 Å². The number of aliphatic hydroxyl groups excluding tert-OH is 1. The maximum atomic E-state index is 9.38. The second-order valence-electron chi connectivity index (χ2n) is 4.86. The van der Waals surface area contributed by atoms with Crippen molar-refractivity contribution in [1.29, 1.82) is 0 Å². The fourth-order valence-electron chi connectivity index (χ4n) is 1.62. The summed E-state index contributed by atoms with van der Waals surface area (Å²) in [6, 6.07) is 3.40. The van der Waals surface area contributed by atoms with Crippen LogP contribution in [0, 0.1) is 5.41 Å². The molecule has 1 rings (SSSR count). The highest BCUT2D eigenvalue weighted by Crippen LogP contribution is 2.40. The standard InChI is InChI=1S/C13H20BrNO3/c1-13(2,7-16)12(15)8-5-9(17-3)11(14)10(6-8)18-4/h5-6,12,16H,7,15H2,1-4H3/t12-/m0/s1. The molecule has 1 aromatic rings. The SMILES string of the molecule is COc1cc([C@H](N)C(C)(C)CO)cc(OC)c1Br. The Morgan fingerprint density at radius 1 is 1.28 bits per heavy atom. The first kappa shape index (κ1) is 15.3. The van der Waals surface area contributed by atoms with Gasteiger partial charge in [0.1, 0.15) is 16.0 Å². The third-order valence-electron chi connectivity index (χ3n) is 3.08. The Hall–Kier alpha value is -0.780. The van der Waals surface area contributed by atoms with Gasteiger partial charge in [-0.2, -0.15) is 0 Å². The van der Waals surface area contributed by atoms with Crippen molar-refractivity contribution in [3.05, 3.63) is 22.2 Å². The Kier molecular flexibility index (Phi) is 5.01. The van der Waals surface area contributed by atoms with Gasteiger partial charge in [0.05, 0.1) is 14.2 Å². The van der Waals surface area contributed by atoms with E-state index < -0.39 is 5.41 Å². The van der Waals surface area contributed by atoms with Crippen molar-refractivity contribution in [3.63, 3.8) is 0 Å². The van der Waals surface area contributed by atoms with Crippen molar-refractivity contribution in [2.75, 3.05) is 20.8 Å². The van der Waals surface area contributed by atoms with Crippen LogP contribution in [0.3, 0.4) is 0 Å². The highest BCUT2D eigenvalue weighted by molar-refractivity contribution is 9.10. The summed E-state index contributed by atoms with van der Waals surface area (Å²) in [5.41, 5.74) is 6.65. The minimum Gasteiger partial charge on any atom is -0.495 e. The monoisotopic (exact) mass is 317 g/mol. The van der Waals surface area contributed by atoms with Crippen LogP contribution in [-0.2, 0) is 0 Å². The molecule has 0 amide bonds. The largest absolute Gasteiger partial charge is 0.495 e. The van der Waals surface area contributed by atoms with E-state index in [1.54, 1.807) is 14.2 Å². The maximum absolute atomic E-state index is 9.38. The van der Waals surface area contributed by atoms with Crippen LogP contribution in [0.2, 0.25) is 0 Å². The number of methoxy groups -OCH3 is 2. The van der Waals surface area contributed by atoms with Crippen LogP contribution in [0.4, 0.5) is 0 Å². The molecule has 0 bridgehead atoms. The molecule has 0 saturated heterocycles. The smallest absolute Gasteiger partial charge is 0.137 e. The van der Waals surface area contributed by atoms with E-state index in [1.165, 1.54) is 0 Å². The summed E-state index contributed by atoms with van der Waals surface area (Å²) in [6.07, 6.45) is 0. The molecule has 0 aromatic heterocycles. The summed E-state index contributed by atoms with van der Waals surface area (Å²) in [7, 11) is 3.18. The lowest BCUT2D eigenvalue weighted by atomic mass is 9.82. The Labute approximate surface area is 116 Å². The lowest BCUT2D eigenvalue weighted by Crippen LogP contribution is -2.32. The van der Waals surface area contributed by atoms with Crippen molar-refractivity contribution in [2.24, 2.45) is 11.1 Å². The van der Waals surface area contributed by atoms with Gasteiger partial charge in [-0.25, -0.2) is 0 Å². The zero-order valence-corrected chi connectivity index (χ0v) is 12.7. The van der Waals surface area contributed by atoms with Crippen molar-refractivity contribution in [3.8, 4) is 11.5 Å². The summed E-state index contributed by atoms with van der Waals surface area (Å²) >= 11 is 3.41. The van der Waals surface area contributed by atoms with E-state index in [2.05, 4.69) is 15.9 Å². The molecule has 102 valence electrons. The molecular formula is C13H20BrNO3. The molecule has 0 aliphatic rings. The Morgan fingerprint density at radius 2 is 1.72 bits per heavy atom. The molecule has 5 heteroatoms. The maximum Gasteiger partial charge on any atom is 0.137 e. The highest BCUT2D eigenvalue weighted by Gasteiger charge is 2.28. The van der Waals surface area contributed by atoms with Crippen molar-refractivity contribution in [2.45, 2.75) is 19.9 Å². The molecule has 18 heavy (non-hydrogen) atoms.